The lowest BCUT2D eigenvalue weighted by molar-refractivity contribution is 0.206. The summed E-state index contributed by atoms with van der Waals surface area (Å²) in [5.41, 5.74) is 5.83. The highest BCUT2D eigenvalue weighted by atomic mass is 16.5. The predicted octanol–water partition coefficient (Wildman–Crippen LogP) is 3.07. The lowest BCUT2D eigenvalue weighted by atomic mass is 10.00. The second-order valence-corrected chi connectivity index (χ2v) is 8.31. The maximum Gasteiger partial charge on any atom is 0.276 e. The van der Waals surface area contributed by atoms with Gasteiger partial charge in [0, 0.05) is 61.8 Å². The van der Waals surface area contributed by atoms with E-state index in [1.807, 2.05) is 18.3 Å². The highest BCUT2D eigenvalue weighted by Gasteiger charge is 2.22. The minimum absolute atomic E-state index is 0.109. The third-order valence-corrected chi connectivity index (χ3v) is 6.40. The van der Waals surface area contributed by atoms with E-state index in [4.69, 9.17) is 9.47 Å². The van der Waals surface area contributed by atoms with Crippen molar-refractivity contribution in [2.24, 2.45) is 7.05 Å². The third-order valence-electron chi connectivity index (χ3n) is 6.40. The Morgan fingerprint density at radius 1 is 1.12 bits per heavy atom. The van der Waals surface area contributed by atoms with Crippen LogP contribution in [0.15, 0.2) is 41.5 Å². The van der Waals surface area contributed by atoms with Crippen molar-refractivity contribution in [2.45, 2.75) is 26.6 Å². The smallest absolute Gasteiger partial charge is 0.276 e. The Morgan fingerprint density at radius 3 is 2.59 bits per heavy atom. The van der Waals surface area contributed by atoms with E-state index >= 15 is 0 Å². The van der Waals surface area contributed by atoms with E-state index < -0.39 is 0 Å². The van der Waals surface area contributed by atoms with Crippen molar-refractivity contribution in [3.63, 3.8) is 0 Å². The Hall–Kier alpha value is -3.52. The molecule has 5 rings (SSSR count). The zero-order chi connectivity index (χ0) is 22.4. The molecule has 0 bridgehead atoms. The number of rotatable bonds is 5. The molecule has 1 aliphatic heterocycles. The number of aromatic nitrogens is 4. The molecular formula is C24H27N5O3. The van der Waals surface area contributed by atoms with Gasteiger partial charge in [0.05, 0.1) is 26.0 Å². The number of fused-ring (bicyclic) bond motifs is 2. The first-order chi connectivity index (χ1) is 15.5. The Bertz CT molecular complexity index is 1340. The lowest BCUT2D eigenvalue weighted by Gasteiger charge is -2.30. The molecule has 1 aromatic carbocycles. The molecule has 4 aromatic rings. The number of aryl methyl sites for hydroxylation is 2. The van der Waals surface area contributed by atoms with Gasteiger partial charge in [-0.2, -0.15) is 5.10 Å². The molecule has 0 saturated carbocycles. The highest BCUT2D eigenvalue weighted by Crippen LogP contribution is 2.38. The second kappa shape index (κ2) is 7.87. The SMILES string of the molecule is COc1cc(-c2cn(C)c(=O)c3[nH]ncc23)cc(OC)c1CN1CCn2c(C)ccc2C1. The van der Waals surface area contributed by atoms with Gasteiger partial charge in [0.2, 0.25) is 0 Å². The monoisotopic (exact) mass is 433 g/mol. The minimum Gasteiger partial charge on any atom is -0.496 e. The molecule has 0 saturated heterocycles. The van der Waals surface area contributed by atoms with Crippen molar-refractivity contribution >= 4 is 10.9 Å². The maximum absolute atomic E-state index is 12.4. The summed E-state index contributed by atoms with van der Waals surface area (Å²) in [7, 11) is 5.10. The number of nitrogens with zero attached hydrogens (tertiary/aromatic N) is 4. The molecule has 0 fully saturated rings. The molecule has 0 atom stereocenters. The number of hydrogen-bond donors (Lipinski definition) is 1. The predicted molar refractivity (Wildman–Crippen MR) is 123 cm³/mol. The molecule has 0 amide bonds. The molecule has 1 N–H and O–H groups in total. The van der Waals surface area contributed by atoms with Crippen LogP contribution in [0.3, 0.4) is 0 Å². The molecular weight excluding hydrogens is 406 g/mol. The van der Waals surface area contributed by atoms with E-state index in [2.05, 4.69) is 38.7 Å². The first kappa shape index (κ1) is 20.4. The van der Waals surface area contributed by atoms with E-state index in [0.29, 0.717) is 5.52 Å². The number of methoxy groups -OCH3 is 2. The summed E-state index contributed by atoms with van der Waals surface area (Å²) in [6.07, 6.45) is 3.51. The Morgan fingerprint density at radius 2 is 1.88 bits per heavy atom. The van der Waals surface area contributed by atoms with Gasteiger partial charge in [0.1, 0.15) is 17.0 Å². The largest absolute Gasteiger partial charge is 0.496 e. The fourth-order valence-electron chi connectivity index (χ4n) is 4.67. The number of ether oxygens (including phenoxy) is 2. The van der Waals surface area contributed by atoms with Crippen LogP contribution in [0, 0.1) is 6.92 Å². The summed E-state index contributed by atoms with van der Waals surface area (Å²) in [5, 5.41) is 7.67. The van der Waals surface area contributed by atoms with Crippen molar-refractivity contribution in [3.8, 4) is 22.6 Å². The van der Waals surface area contributed by atoms with Crippen LogP contribution in [0.5, 0.6) is 11.5 Å². The first-order valence-corrected chi connectivity index (χ1v) is 10.7. The molecule has 166 valence electrons. The molecule has 0 unspecified atom stereocenters. The standard InChI is InChI=1S/C24H27N5O3/c1-15-5-6-17-12-28(7-8-29(15)17)14-20-21(31-3)9-16(10-22(20)32-4)19-13-27(2)24(30)23-18(19)11-25-26-23/h5-6,9-11,13H,7-8,12,14H2,1-4H3,(H,25,26). The van der Waals surface area contributed by atoms with E-state index in [1.54, 1.807) is 32.0 Å². The van der Waals surface area contributed by atoms with Crippen molar-refractivity contribution < 1.29 is 9.47 Å². The van der Waals surface area contributed by atoms with E-state index in [9.17, 15) is 4.79 Å². The fourth-order valence-corrected chi connectivity index (χ4v) is 4.67. The van der Waals surface area contributed by atoms with Gasteiger partial charge >= 0.3 is 0 Å². The topological polar surface area (TPSA) is 77.3 Å². The van der Waals surface area contributed by atoms with Gasteiger partial charge in [-0.15, -0.1) is 0 Å². The van der Waals surface area contributed by atoms with Gasteiger partial charge in [-0.1, -0.05) is 0 Å². The van der Waals surface area contributed by atoms with Gasteiger partial charge < -0.3 is 18.6 Å². The van der Waals surface area contributed by atoms with E-state index in [0.717, 1.165) is 59.8 Å². The summed E-state index contributed by atoms with van der Waals surface area (Å²) in [4.78, 5) is 14.8. The molecule has 0 radical (unpaired) electrons. The van der Waals surface area contributed by atoms with Crippen LogP contribution in [0.2, 0.25) is 0 Å². The quantitative estimate of drug-likeness (QED) is 0.523. The van der Waals surface area contributed by atoms with Crippen molar-refractivity contribution in [2.75, 3.05) is 20.8 Å². The number of H-pyrrole nitrogens is 1. The van der Waals surface area contributed by atoms with Crippen LogP contribution in [0.4, 0.5) is 0 Å². The van der Waals surface area contributed by atoms with Crippen LogP contribution in [0.1, 0.15) is 17.0 Å². The Labute approximate surface area is 186 Å². The number of nitrogens with one attached hydrogen (secondary N) is 1. The number of hydrogen-bond acceptors (Lipinski definition) is 5. The number of pyridine rings is 1. The Balaban J connectivity index is 1.55. The molecule has 0 spiro atoms. The summed E-state index contributed by atoms with van der Waals surface area (Å²) in [5.74, 6) is 1.53. The van der Waals surface area contributed by atoms with Gasteiger partial charge in [-0.25, -0.2) is 0 Å². The summed E-state index contributed by atoms with van der Waals surface area (Å²) >= 11 is 0. The van der Waals surface area contributed by atoms with Crippen LogP contribution in [-0.4, -0.2) is 45.0 Å². The lowest BCUT2D eigenvalue weighted by Crippen LogP contribution is -2.33. The zero-order valence-electron chi connectivity index (χ0n) is 18.8. The van der Waals surface area contributed by atoms with Gasteiger partial charge in [0.15, 0.2) is 0 Å². The van der Waals surface area contributed by atoms with Gasteiger partial charge in [-0.3, -0.25) is 14.8 Å². The molecule has 3 aromatic heterocycles. The van der Waals surface area contributed by atoms with E-state index in [-0.39, 0.29) is 5.56 Å². The van der Waals surface area contributed by atoms with Crippen molar-refractivity contribution in [1.82, 2.24) is 24.2 Å². The molecule has 8 nitrogen and oxygen atoms in total. The van der Waals surface area contributed by atoms with Crippen LogP contribution in [-0.2, 0) is 26.7 Å². The normalized spacial score (nSPS) is 14.0. The van der Waals surface area contributed by atoms with Crippen molar-refractivity contribution in [3.05, 3.63) is 64.0 Å². The average Bonchev–Trinajstić information content (AvgIpc) is 3.43. The molecule has 0 aliphatic carbocycles. The minimum atomic E-state index is -0.109. The first-order valence-electron chi connectivity index (χ1n) is 10.7. The molecule has 32 heavy (non-hydrogen) atoms. The van der Waals surface area contributed by atoms with Gasteiger partial charge in [-0.05, 0) is 36.8 Å². The number of benzene rings is 1. The summed E-state index contributed by atoms with van der Waals surface area (Å²) < 4.78 is 15.6. The fraction of sp³-hybridized carbons (Fsp3) is 0.333. The molecule has 8 heteroatoms. The van der Waals surface area contributed by atoms with Crippen LogP contribution < -0.4 is 15.0 Å². The Kier molecular flexibility index (Phi) is 5.01. The average molecular weight is 434 g/mol. The molecule has 4 heterocycles. The summed E-state index contributed by atoms with van der Waals surface area (Å²) in [6.45, 7) is 5.71. The zero-order valence-corrected chi connectivity index (χ0v) is 18.8. The van der Waals surface area contributed by atoms with Crippen LogP contribution >= 0.6 is 0 Å². The number of aromatic amines is 1. The van der Waals surface area contributed by atoms with Crippen LogP contribution in [0.25, 0.3) is 22.0 Å². The van der Waals surface area contributed by atoms with E-state index in [1.165, 1.54) is 11.4 Å². The molecule has 1 aliphatic rings. The van der Waals surface area contributed by atoms with Crippen molar-refractivity contribution in [1.29, 1.82) is 0 Å². The van der Waals surface area contributed by atoms with Gasteiger partial charge in [0.25, 0.3) is 5.56 Å². The summed E-state index contributed by atoms with van der Waals surface area (Å²) in [6, 6.07) is 8.41. The second-order valence-electron chi connectivity index (χ2n) is 8.31. The highest BCUT2D eigenvalue weighted by molar-refractivity contribution is 5.94. The third kappa shape index (κ3) is 3.27. The maximum atomic E-state index is 12.4.